The fourth-order valence-electron chi connectivity index (χ4n) is 3.30. The van der Waals surface area contributed by atoms with Crippen molar-refractivity contribution in [1.29, 1.82) is 0 Å². The van der Waals surface area contributed by atoms with Gasteiger partial charge in [-0.2, -0.15) is 0 Å². The Morgan fingerprint density at radius 2 is 1.92 bits per heavy atom. The zero-order valence-electron chi connectivity index (χ0n) is 14.9. The smallest absolute Gasteiger partial charge is 0.341 e. The van der Waals surface area contributed by atoms with Crippen LogP contribution in [0.5, 0.6) is 0 Å². The van der Waals surface area contributed by atoms with Crippen molar-refractivity contribution in [1.82, 2.24) is 4.90 Å². The molecule has 1 aliphatic rings. The molecule has 1 aliphatic heterocycles. The van der Waals surface area contributed by atoms with Crippen LogP contribution in [0.25, 0.3) is 11.0 Å². The van der Waals surface area contributed by atoms with Crippen molar-refractivity contribution in [3.8, 4) is 0 Å². The second kappa shape index (κ2) is 6.50. The quantitative estimate of drug-likeness (QED) is 0.796. The van der Waals surface area contributed by atoms with Crippen LogP contribution in [0.3, 0.4) is 0 Å². The van der Waals surface area contributed by atoms with Crippen LogP contribution in [0.15, 0.2) is 16.5 Å². The van der Waals surface area contributed by atoms with Gasteiger partial charge in [-0.05, 0) is 38.8 Å². The summed E-state index contributed by atoms with van der Waals surface area (Å²) < 4.78 is 24.5. The van der Waals surface area contributed by atoms with Gasteiger partial charge >= 0.3 is 5.97 Å². The molecule has 0 spiro atoms. The van der Waals surface area contributed by atoms with Gasteiger partial charge in [0.2, 0.25) is 6.17 Å². The molecule has 3 rings (SSSR count). The molecular formula is C19H22FNO4. The molecule has 0 saturated carbocycles. The Morgan fingerprint density at radius 3 is 2.52 bits per heavy atom. The average molecular weight is 347 g/mol. The van der Waals surface area contributed by atoms with E-state index in [0.29, 0.717) is 5.58 Å². The van der Waals surface area contributed by atoms with Crippen LogP contribution in [0.4, 0.5) is 4.39 Å². The number of benzene rings is 1. The minimum Gasteiger partial charge on any atom is -0.464 e. The lowest BCUT2D eigenvalue weighted by Gasteiger charge is -2.39. The molecule has 0 aliphatic carbocycles. The number of hydrogen-bond donors (Lipinski definition) is 0. The van der Waals surface area contributed by atoms with E-state index in [-0.39, 0.29) is 31.4 Å². The largest absolute Gasteiger partial charge is 0.464 e. The summed E-state index contributed by atoms with van der Waals surface area (Å²) in [5.74, 6) is -1.35. The molecular weight excluding hydrogens is 325 g/mol. The van der Waals surface area contributed by atoms with Crippen LogP contribution in [-0.4, -0.2) is 42.6 Å². The third-order valence-corrected chi connectivity index (χ3v) is 4.80. The monoisotopic (exact) mass is 347 g/mol. The van der Waals surface area contributed by atoms with E-state index in [2.05, 4.69) is 0 Å². The molecule has 1 aromatic carbocycles. The summed E-state index contributed by atoms with van der Waals surface area (Å²) in [5.41, 5.74) is 3.53. The number of halogens is 1. The van der Waals surface area contributed by atoms with E-state index in [9.17, 15) is 14.0 Å². The Labute approximate surface area is 145 Å². The van der Waals surface area contributed by atoms with Gasteiger partial charge in [-0.25, -0.2) is 9.18 Å². The predicted molar refractivity (Wildman–Crippen MR) is 91.3 cm³/mol. The van der Waals surface area contributed by atoms with Crippen LogP contribution in [0.2, 0.25) is 0 Å². The number of hydrogen-bond acceptors (Lipinski definition) is 4. The zero-order chi connectivity index (χ0) is 18.3. The third-order valence-electron chi connectivity index (χ3n) is 4.80. The van der Waals surface area contributed by atoms with Gasteiger partial charge in [0.25, 0.3) is 5.91 Å². The number of likely N-dealkylation sites (tertiary alicyclic amines) is 1. The van der Waals surface area contributed by atoms with E-state index >= 15 is 0 Å². The Balaban J connectivity index is 1.77. The number of carbonyl (C=O) groups is 2. The topological polar surface area (TPSA) is 59.8 Å². The van der Waals surface area contributed by atoms with Crippen molar-refractivity contribution in [2.75, 3.05) is 19.7 Å². The molecule has 0 N–H and O–H groups in total. The number of esters is 1. The molecule has 2 aromatic rings. The lowest BCUT2D eigenvalue weighted by molar-refractivity contribution is -0.153. The van der Waals surface area contributed by atoms with E-state index in [1.807, 2.05) is 32.9 Å². The molecule has 0 radical (unpaired) electrons. The number of rotatable bonds is 4. The molecule has 134 valence electrons. The molecule has 25 heavy (non-hydrogen) atoms. The van der Waals surface area contributed by atoms with Crippen LogP contribution >= 0.6 is 0 Å². The number of fused-ring (bicyclic) bond motifs is 1. The summed E-state index contributed by atoms with van der Waals surface area (Å²) >= 11 is 0. The van der Waals surface area contributed by atoms with E-state index in [0.717, 1.165) is 22.1 Å². The fourth-order valence-corrected chi connectivity index (χ4v) is 3.30. The maximum Gasteiger partial charge on any atom is 0.341 e. The summed E-state index contributed by atoms with van der Waals surface area (Å²) in [5, 5.41) is 0.954. The number of nitrogens with zero attached hydrogens (tertiary/aromatic N) is 1. The van der Waals surface area contributed by atoms with E-state index in [1.54, 1.807) is 6.92 Å². The summed E-state index contributed by atoms with van der Waals surface area (Å²) in [6, 6.07) is 3.96. The van der Waals surface area contributed by atoms with Crippen molar-refractivity contribution in [3.05, 3.63) is 34.6 Å². The summed E-state index contributed by atoms with van der Waals surface area (Å²) in [7, 11) is 0. The minimum atomic E-state index is -1.69. The van der Waals surface area contributed by atoms with Crippen molar-refractivity contribution in [2.24, 2.45) is 5.92 Å². The van der Waals surface area contributed by atoms with Crippen molar-refractivity contribution in [2.45, 2.75) is 33.9 Å². The van der Waals surface area contributed by atoms with Gasteiger partial charge in [0.05, 0.1) is 6.61 Å². The number of alkyl halides is 1. The normalized spacial score (nSPS) is 16.0. The minimum absolute atomic E-state index is 0.144. The first-order chi connectivity index (χ1) is 11.8. The molecule has 1 atom stereocenters. The van der Waals surface area contributed by atoms with Gasteiger partial charge in [0, 0.05) is 30.0 Å². The Kier molecular flexibility index (Phi) is 4.54. The highest BCUT2D eigenvalue weighted by molar-refractivity contribution is 6.00. The van der Waals surface area contributed by atoms with Gasteiger partial charge in [0.1, 0.15) is 5.58 Å². The van der Waals surface area contributed by atoms with E-state index < -0.39 is 18.1 Å². The predicted octanol–water partition coefficient (Wildman–Crippen LogP) is 3.33. The van der Waals surface area contributed by atoms with Crippen LogP contribution in [0, 0.1) is 26.7 Å². The molecule has 1 aromatic heterocycles. The van der Waals surface area contributed by atoms with Crippen molar-refractivity contribution >= 4 is 22.8 Å². The highest BCUT2D eigenvalue weighted by atomic mass is 19.1. The first-order valence-corrected chi connectivity index (χ1v) is 8.44. The zero-order valence-corrected chi connectivity index (χ0v) is 14.9. The maximum absolute atomic E-state index is 14.0. The van der Waals surface area contributed by atoms with Crippen LogP contribution in [0.1, 0.15) is 34.2 Å². The molecule has 1 fully saturated rings. The van der Waals surface area contributed by atoms with Gasteiger partial charge in [-0.1, -0.05) is 12.1 Å². The van der Waals surface area contributed by atoms with E-state index in [4.69, 9.17) is 9.15 Å². The second-order valence-corrected chi connectivity index (χ2v) is 6.58. The fraction of sp³-hybridized carbons (Fsp3) is 0.474. The molecule has 2 heterocycles. The third kappa shape index (κ3) is 2.90. The molecule has 0 unspecified atom stereocenters. The highest BCUT2D eigenvalue weighted by Gasteiger charge is 2.42. The summed E-state index contributed by atoms with van der Waals surface area (Å²) in [4.78, 5) is 25.7. The molecule has 5 nitrogen and oxygen atoms in total. The number of carbonyl (C=O) groups excluding carboxylic acids is 2. The van der Waals surface area contributed by atoms with Gasteiger partial charge < -0.3 is 14.1 Å². The Hall–Kier alpha value is -2.37. The number of ether oxygens (including phenoxy) is 1. The lowest BCUT2D eigenvalue weighted by atomic mass is 9.94. The molecule has 6 heteroatoms. The standard InChI is InChI=1S/C19H22FNO4/c1-5-24-19(23)15(20)13-8-21(9-13)18(22)17-12(4)14-10(2)6-7-11(3)16(14)25-17/h6-7,13,15H,5,8-9H2,1-4H3/t15-/m0/s1. The summed E-state index contributed by atoms with van der Waals surface area (Å²) in [6.45, 7) is 7.93. The van der Waals surface area contributed by atoms with E-state index in [1.165, 1.54) is 4.90 Å². The second-order valence-electron chi connectivity index (χ2n) is 6.58. The van der Waals surface area contributed by atoms with Crippen LogP contribution < -0.4 is 0 Å². The van der Waals surface area contributed by atoms with Crippen LogP contribution in [-0.2, 0) is 9.53 Å². The SMILES string of the molecule is CCOC(=O)[C@@H](F)C1CN(C(=O)c2oc3c(C)ccc(C)c3c2C)C1. The van der Waals surface area contributed by atoms with Gasteiger partial charge in [-0.15, -0.1) is 0 Å². The maximum atomic E-state index is 14.0. The Morgan fingerprint density at radius 1 is 1.28 bits per heavy atom. The van der Waals surface area contributed by atoms with Gasteiger partial charge in [-0.3, -0.25) is 4.79 Å². The number of amides is 1. The first-order valence-electron chi connectivity index (χ1n) is 8.44. The first kappa shape index (κ1) is 17.5. The summed E-state index contributed by atoms with van der Waals surface area (Å²) in [6.07, 6.45) is -1.69. The Bertz CT molecular complexity index is 836. The molecule has 0 bridgehead atoms. The number of aryl methyl sites for hydroxylation is 3. The lowest BCUT2D eigenvalue weighted by Crippen LogP contribution is -2.55. The highest BCUT2D eigenvalue weighted by Crippen LogP contribution is 2.33. The molecule has 1 saturated heterocycles. The average Bonchev–Trinajstić information content (AvgIpc) is 2.88. The molecule has 1 amide bonds. The van der Waals surface area contributed by atoms with Gasteiger partial charge in [0.15, 0.2) is 5.76 Å². The van der Waals surface area contributed by atoms with Crippen molar-refractivity contribution < 1.29 is 23.1 Å². The number of furan rings is 1. The van der Waals surface area contributed by atoms with Crippen molar-refractivity contribution in [3.63, 3.8) is 0 Å².